The van der Waals surface area contributed by atoms with Crippen LogP contribution in [0.25, 0.3) is 0 Å². The van der Waals surface area contributed by atoms with Gasteiger partial charge in [0.1, 0.15) is 4.87 Å². The number of hydrogen-bond donors (Lipinski definition) is 0. The topological polar surface area (TPSA) is 94.9 Å². The molecule has 1 aromatic heterocycles. The van der Waals surface area contributed by atoms with Crippen molar-refractivity contribution >= 4 is 41.2 Å². The van der Waals surface area contributed by atoms with Crippen LogP contribution >= 0.6 is 11.8 Å². The third-order valence-electron chi connectivity index (χ3n) is 7.68. The molecule has 2 saturated heterocycles. The molecule has 4 heterocycles. The Hall–Kier alpha value is -3.85. The maximum Gasteiger partial charge on any atom is 0.340 e. The van der Waals surface area contributed by atoms with Gasteiger partial charge >= 0.3 is 11.9 Å². The fourth-order valence-corrected chi connectivity index (χ4v) is 8.52. The number of methoxy groups -OCH3 is 2. The molecule has 0 radical (unpaired) electrons. The van der Waals surface area contributed by atoms with Crippen LogP contribution in [0, 0.1) is 18.8 Å². The summed E-state index contributed by atoms with van der Waals surface area (Å²) in [5, 5.41) is -0.509. The molecule has 2 bridgehead atoms. The van der Waals surface area contributed by atoms with Gasteiger partial charge in [0.2, 0.25) is 11.8 Å². The zero-order valence-corrected chi connectivity index (χ0v) is 21.3. The van der Waals surface area contributed by atoms with Crippen molar-refractivity contribution in [3.05, 3.63) is 88.7 Å². The molecular formula is C28H24N2O6S. The zero-order chi connectivity index (χ0) is 26.1. The molecule has 0 saturated carbocycles. The van der Waals surface area contributed by atoms with Gasteiger partial charge in [-0.1, -0.05) is 48.5 Å². The van der Waals surface area contributed by atoms with Crippen LogP contribution in [-0.2, 0) is 30.4 Å². The van der Waals surface area contributed by atoms with Crippen molar-refractivity contribution in [1.82, 2.24) is 4.57 Å². The number of carbonyl (C=O) groups excluding carboxylic acids is 4. The number of fused-ring (bicyclic) bond motifs is 8. The molecule has 0 unspecified atom stereocenters. The van der Waals surface area contributed by atoms with E-state index >= 15 is 0 Å². The summed E-state index contributed by atoms with van der Waals surface area (Å²) in [6.07, 6.45) is 0.432. The Kier molecular flexibility index (Phi) is 5.31. The first kappa shape index (κ1) is 23.5. The smallest absolute Gasteiger partial charge is 0.340 e. The molecule has 0 aliphatic carbocycles. The van der Waals surface area contributed by atoms with E-state index in [4.69, 9.17) is 9.47 Å². The molecule has 188 valence electrons. The molecule has 0 N–H and O–H groups in total. The van der Waals surface area contributed by atoms with Gasteiger partial charge in [-0.2, -0.15) is 0 Å². The van der Waals surface area contributed by atoms with Gasteiger partial charge in [-0.05, 0) is 24.6 Å². The second-order valence-corrected chi connectivity index (χ2v) is 10.9. The summed E-state index contributed by atoms with van der Waals surface area (Å²) in [6.45, 7) is 1.75. The SMILES string of the molecule is COC(=O)c1c(C(=O)OC)c2n(c1C)[C@@]1(Cc3ccccc3)S[C@@H]2[C@@H]2C(=O)N(c3ccccc3)C(=O)[C@@H]21. The lowest BCUT2D eigenvalue weighted by Gasteiger charge is -2.36. The van der Waals surface area contributed by atoms with E-state index in [0.717, 1.165) is 5.56 Å². The molecule has 4 atom stereocenters. The Labute approximate surface area is 217 Å². The average Bonchev–Trinajstić information content (AvgIpc) is 3.60. The van der Waals surface area contributed by atoms with Gasteiger partial charge in [-0.15, -0.1) is 11.8 Å². The summed E-state index contributed by atoms with van der Waals surface area (Å²) >= 11 is 1.52. The van der Waals surface area contributed by atoms with Gasteiger partial charge < -0.3 is 14.0 Å². The standard InChI is InChI=1S/C28H24N2O6S/c1-15-18(26(33)35-2)19(27(34)36-3)22-23-20-21(25(32)29(24(20)31)17-12-8-5-9-13-17)28(37-23,30(15)22)14-16-10-6-4-7-11-16/h4-13,20-21,23H,14H2,1-3H3/t20-,21-,23-,28+/m1/s1. The fraction of sp³-hybridized carbons (Fsp3) is 0.286. The van der Waals surface area contributed by atoms with Crippen LogP contribution < -0.4 is 4.90 Å². The number of imide groups is 1. The molecule has 2 amide bonds. The Bertz CT molecular complexity index is 1470. The van der Waals surface area contributed by atoms with Crippen LogP contribution in [0.3, 0.4) is 0 Å². The van der Waals surface area contributed by atoms with E-state index in [0.29, 0.717) is 23.5 Å². The normalized spacial score (nSPS) is 25.3. The molecule has 8 nitrogen and oxygen atoms in total. The van der Waals surface area contributed by atoms with Crippen molar-refractivity contribution in [3.63, 3.8) is 0 Å². The lowest BCUT2D eigenvalue weighted by molar-refractivity contribution is -0.123. The first-order chi connectivity index (χ1) is 17.9. The van der Waals surface area contributed by atoms with Gasteiger partial charge in [0.05, 0.1) is 48.1 Å². The van der Waals surface area contributed by atoms with Crippen LogP contribution in [0.2, 0.25) is 0 Å². The van der Waals surface area contributed by atoms with Crippen molar-refractivity contribution in [2.24, 2.45) is 11.8 Å². The molecule has 3 aliphatic heterocycles. The largest absolute Gasteiger partial charge is 0.465 e. The number of hydrogen-bond acceptors (Lipinski definition) is 7. The maximum absolute atomic E-state index is 14.1. The molecular weight excluding hydrogens is 492 g/mol. The number of amides is 2. The van der Waals surface area contributed by atoms with Crippen LogP contribution in [-0.4, -0.2) is 42.5 Å². The van der Waals surface area contributed by atoms with E-state index in [1.807, 2.05) is 41.0 Å². The lowest BCUT2D eigenvalue weighted by Crippen LogP contribution is -2.44. The monoisotopic (exact) mass is 516 g/mol. The van der Waals surface area contributed by atoms with E-state index in [-0.39, 0.29) is 22.9 Å². The van der Waals surface area contributed by atoms with Crippen molar-refractivity contribution in [1.29, 1.82) is 0 Å². The number of thioether (sulfide) groups is 1. The quantitative estimate of drug-likeness (QED) is 0.375. The third kappa shape index (κ3) is 3.03. The highest BCUT2D eigenvalue weighted by atomic mass is 32.2. The van der Waals surface area contributed by atoms with Crippen LogP contribution in [0.15, 0.2) is 60.7 Å². The highest BCUT2D eigenvalue weighted by molar-refractivity contribution is 8.00. The first-order valence-corrected chi connectivity index (χ1v) is 12.8. The van der Waals surface area contributed by atoms with E-state index in [9.17, 15) is 19.2 Å². The molecule has 37 heavy (non-hydrogen) atoms. The summed E-state index contributed by atoms with van der Waals surface area (Å²) in [5.41, 5.74) is 2.79. The summed E-state index contributed by atoms with van der Waals surface area (Å²) in [4.78, 5) is 54.3. The van der Waals surface area contributed by atoms with E-state index in [1.165, 1.54) is 30.9 Å². The van der Waals surface area contributed by atoms with E-state index < -0.39 is 33.9 Å². The number of anilines is 1. The van der Waals surface area contributed by atoms with E-state index in [1.54, 1.807) is 31.2 Å². The predicted molar refractivity (Wildman–Crippen MR) is 136 cm³/mol. The van der Waals surface area contributed by atoms with Gasteiger partial charge in [0, 0.05) is 17.8 Å². The zero-order valence-electron chi connectivity index (χ0n) is 20.5. The minimum absolute atomic E-state index is 0.108. The number of para-hydroxylation sites is 1. The number of aromatic nitrogens is 1. The summed E-state index contributed by atoms with van der Waals surface area (Å²) in [6, 6.07) is 18.6. The Balaban J connectivity index is 1.61. The van der Waals surface area contributed by atoms with Crippen molar-refractivity contribution in [2.75, 3.05) is 19.1 Å². The molecule has 2 fully saturated rings. The Morgan fingerprint density at radius 2 is 1.49 bits per heavy atom. The maximum atomic E-state index is 14.1. The number of benzene rings is 2. The number of rotatable bonds is 5. The van der Waals surface area contributed by atoms with Crippen LogP contribution in [0.1, 0.15) is 42.9 Å². The Morgan fingerprint density at radius 1 is 0.892 bits per heavy atom. The first-order valence-electron chi connectivity index (χ1n) is 11.9. The number of ether oxygens (including phenoxy) is 2. The lowest BCUT2D eigenvalue weighted by atomic mass is 9.78. The second-order valence-electron chi connectivity index (χ2n) is 9.44. The van der Waals surface area contributed by atoms with Crippen molar-refractivity contribution < 1.29 is 28.7 Å². The molecule has 3 aromatic rings. The summed E-state index contributed by atoms with van der Waals surface area (Å²) in [7, 11) is 2.52. The average molecular weight is 517 g/mol. The van der Waals surface area contributed by atoms with E-state index in [2.05, 4.69) is 0 Å². The van der Waals surface area contributed by atoms with Crippen molar-refractivity contribution in [3.8, 4) is 0 Å². The van der Waals surface area contributed by atoms with Gasteiger partial charge in [0.25, 0.3) is 0 Å². The van der Waals surface area contributed by atoms with Crippen molar-refractivity contribution in [2.45, 2.75) is 23.5 Å². The minimum Gasteiger partial charge on any atom is -0.465 e. The Morgan fingerprint density at radius 3 is 2.11 bits per heavy atom. The summed E-state index contributed by atoms with van der Waals surface area (Å²) < 4.78 is 12.1. The molecule has 9 heteroatoms. The van der Waals surface area contributed by atoms with Gasteiger partial charge in [-0.25, -0.2) is 14.5 Å². The predicted octanol–water partition coefficient (Wildman–Crippen LogP) is 3.87. The fourth-order valence-electron chi connectivity index (χ4n) is 6.34. The highest BCUT2D eigenvalue weighted by Crippen LogP contribution is 2.71. The number of esters is 2. The van der Waals surface area contributed by atoms with Gasteiger partial charge in [-0.3, -0.25) is 9.59 Å². The number of nitrogens with zero attached hydrogens (tertiary/aromatic N) is 2. The minimum atomic E-state index is -0.915. The third-order valence-corrected chi connectivity index (χ3v) is 9.44. The molecule has 2 aromatic carbocycles. The molecule has 0 spiro atoms. The summed E-state index contributed by atoms with van der Waals surface area (Å²) in [5.74, 6) is -3.26. The van der Waals surface area contributed by atoms with Crippen LogP contribution in [0.5, 0.6) is 0 Å². The number of carbonyl (C=O) groups is 4. The molecule has 3 aliphatic rings. The second kappa shape index (κ2) is 8.34. The van der Waals surface area contributed by atoms with Crippen LogP contribution in [0.4, 0.5) is 5.69 Å². The van der Waals surface area contributed by atoms with Gasteiger partial charge in [0.15, 0.2) is 0 Å². The molecule has 6 rings (SSSR count). The highest BCUT2D eigenvalue weighted by Gasteiger charge is 2.72.